The second-order valence-electron chi connectivity index (χ2n) is 6.89. The first-order chi connectivity index (χ1) is 7.03. The molecule has 3 aliphatic rings. The Morgan fingerprint density at radius 1 is 1.20 bits per heavy atom. The van der Waals surface area contributed by atoms with Crippen molar-refractivity contribution in [1.29, 1.82) is 0 Å². The smallest absolute Gasteiger partial charge is 0.0172 e. The Morgan fingerprint density at radius 3 is 2.67 bits per heavy atom. The molecule has 0 aromatic carbocycles. The van der Waals surface area contributed by atoms with Gasteiger partial charge in [0.1, 0.15) is 0 Å². The summed E-state index contributed by atoms with van der Waals surface area (Å²) in [4.78, 5) is 0. The van der Waals surface area contributed by atoms with Gasteiger partial charge in [-0.05, 0) is 60.7 Å². The van der Waals surface area contributed by atoms with Crippen molar-refractivity contribution >= 4 is 0 Å². The molecular weight excluding hydrogens is 180 g/mol. The molecule has 0 aliphatic heterocycles. The fourth-order valence-corrected chi connectivity index (χ4v) is 4.93. The van der Waals surface area contributed by atoms with E-state index in [0.717, 1.165) is 29.6 Å². The molecular formula is C15H24. The average Bonchev–Trinajstić information content (AvgIpc) is 2.55. The molecule has 3 saturated carbocycles. The van der Waals surface area contributed by atoms with Crippen molar-refractivity contribution in [2.75, 3.05) is 0 Å². The highest BCUT2D eigenvalue weighted by Gasteiger charge is 2.64. The van der Waals surface area contributed by atoms with Gasteiger partial charge in [0.05, 0.1) is 0 Å². The zero-order valence-electron chi connectivity index (χ0n) is 10.4. The molecule has 0 heterocycles. The minimum atomic E-state index is 0.655. The van der Waals surface area contributed by atoms with Crippen LogP contribution < -0.4 is 0 Å². The van der Waals surface area contributed by atoms with E-state index in [-0.39, 0.29) is 0 Å². The molecule has 0 spiro atoms. The normalized spacial score (nSPS) is 51.9. The van der Waals surface area contributed by atoms with Gasteiger partial charge in [0.25, 0.3) is 0 Å². The fraction of sp³-hybridized carbons (Fsp3) is 0.867. The van der Waals surface area contributed by atoms with E-state index >= 15 is 0 Å². The third kappa shape index (κ3) is 1.20. The van der Waals surface area contributed by atoms with Crippen molar-refractivity contribution in [1.82, 2.24) is 0 Å². The maximum absolute atomic E-state index is 4.35. The quantitative estimate of drug-likeness (QED) is 0.517. The van der Waals surface area contributed by atoms with Crippen LogP contribution in [0.4, 0.5) is 0 Å². The number of hydrogen-bond donors (Lipinski definition) is 0. The molecule has 0 heteroatoms. The number of hydrogen-bond acceptors (Lipinski definition) is 0. The Labute approximate surface area is 94.1 Å². The molecule has 3 aliphatic carbocycles. The van der Waals surface area contributed by atoms with Gasteiger partial charge in [0, 0.05) is 0 Å². The maximum Gasteiger partial charge on any atom is -0.0172 e. The van der Waals surface area contributed by atoms with Crippen LogP contribution in [-0.2, 0) is 0 Å². The monoisotopic (exact) mass is 204 g/mol. The van der Waals surface area contributed by atoms with Crippen molar-refractivity contribution in [3.8, 4) is 0 Å². The third-order valence-electron chi connectivity index (χ3n) is 5.91. The van der Waals surface area contributed by atoms with E-state index in [1.165, 1.54) is 25.7 Å². The van der Waals surface area contributed by atoms with Crippen LogP contribution in [0.1, 0.15) is 46.5 Å². The molecule has 0 nitrogen and oxygen atoms in total. The maximum atomic E-state index is 4.35. The van der Waals surface area contributed by atoms with Gasteiger partial charge in [-0.25, -0.2) is 0 Å². The molecule has 3 rings (SSSR count). The van der Waals surface area contributed by atoms with E-state index in [1.54, 1.807) is 5.57 Å². The minimum Gasteiger partial charge on any atom is -0.0996 e. The summed E-state index contributed by atoms with van der Waals surface area (Å²) in [6.45, 7) is 11.8. The molecule has 0 amide bonds. The number of rotatable bonds is 0. The van der Waals surface area contributed by atoms with Crippen molar-refractivity contribution in [3.05, 3.63) is 12.2 Å². The first-order valence-electron chi connectivity index (χ1n) is 6.71. The molecule has 0 aromatic rings. The van der Waals surface area contributed by atoms with Gasteiger partial charge in [-0.3, -0.25) is 0 Å². The SMILES string of the molecule is C=C1CCC2C(C3C(C)CCC13)C2(C)C. The van der Waals surface area contributed by atoms with E-state index in [1.807, 2.05) is 0 Å². The van der Waals surface area contributed by atoms with Crippen molar-refractivity contribution < 1.29 is 0 Å². The van der Waals surface area contributed by atoms with E-state index in [2.05, 4.69) is 27.4 Å². The van der Waals surface area contributed by atoms with Crippen molar-refractivity contribution in [2.45, 2.75) is 46.5 Å². The van der Waals surface area contributed by atoms with E-state index in [0.29, 0.717) is 5.41 Å². The van der Waals surface area contributed by atoms with Crippen LogP contribution in [0.25, 0.3) is 0 Å². The lowest BCUT2D eigenvalue weighted by atomic mass is 9.80. The number of fused-ring (bicyclic) bond motifs is 3. The minimum absolute atomic E-state index is 0.655. The lowest BCUT2D eigenvalue weighted by molar-refractivity contribution is 0.280. The summed E-state index contributed by atoms with van der Waals surface area (Å²) in [5.41, 5.74) is 2.25. The van der Waals surface area contributed by atoms with Crippen LogP contribution in [0.2, 0.25) is 0 Å². The fourth-order valence-electron chi connectivity index (χ4n) is 4.93. The first kappa shape index (κ1) is 9.93. The Bertz CT molecular complexity index is 299. The summed E-state index contributed by atoms with van der Waals surface area (Å²) in [5.74, 6) is 4.87. The van der Waals surface area contributed by atoms with Gasteiger partial charge >= 0.3 is 0 Å². The summed E-state index contributed by atoms with van der Waals surface area (Å²) in [5, 5.41) is 0. The average molecular weight is 204 g/mol. The van der Waals surface area contributed by atoms with Gasteiger partial charge in [0.15, 0.2) is 0 Å². The molecule has 5 atom stereocenters. The lowest BCUT2D eigenvalue weighted by Crippen LogP contribution is -2.18. The predicted octanol–water partition coefficient (Wildman–Crippen LogP) is 4.27. The zero-order chi connectivity index (χ0) is 10.8. The van der Waals surface area contributed by atoms with Crippen LogP contribution in [0.5, 0.6) is 0 Å². The molecule has 0 radical (unpaired) electrons. The zero-order valence-corrected chi connectivity index (χ0v) is 10.4. The summed E-state index contributed by atoms with van der Waals surface area (Å²) in [6, 6.07) is 0. The van der Waals surface area contributed by atoms with Crippen LogP contribution >= 0.6 is 0 Å². The molecule has 84 valence electrons. The largest absolute Gasteiger partial charge is 0.0996 e. The third-order valence-corrected chi connectivity index (χ3v) is 5.91. The molecule has 3 fully saturated rings. The van der Waals surface area contributed by atoms with Crippen LogP contribution in [0.3, 0.4) is 0 Å². The summed E-state index contributed by atoms with van der Waals surface area (Å²) < 4.78 is 0. The van der Waals surface area contributed by atoms with Crippen LogP contribution in [0, 0.1) is 35.0 Å². The second kappa shape index (κ2) is 2.90. The molecule has 0 bridgehead atoms. The van der Waals surface area contributed by atoms with E-state index < -0.39 is 0 Å². The summed E-state index contributed by atoms with van der Waals surface area (Å²) in [7, 11) is 0. The molecule has 15 heavy (non-hydrogen) atoms. The highest BCUT2D eigenvalue weighted by Crippen LogP contribution is 2.70. The molecule has 0 saturated heterocycles. The van der Waals surface area contributed by atoms with Crippen molar-refractivity contribution in [2.24, 2.45) is 35.0 Å². The Kier molecular flexibility index (Phi) is 1.92. The standard InChI is InChI=1S/C15H24/c1-9-6-8-12-14(15(12,3)4)13-10(2)5-7-11(9)13/h10-14H,1,5-8H2,2-4H3. The topological polar surface area (TPSA) is 0 Å². The lowest BCUT2D eigenvalue weighted by Gasteiger charge is -2.25. The van der Waals surface area contributed by atoms with Gasteiger partial charge in [-0.2, -0.15) is 0 Å². The first-order valence-corrected chi connectivity index (χ1v) is 6.71. The molecule has 0 aromatic heterocycles. The predicted molar refractivity (Wildman–Crippen MR) is 64.5 cm³/mol. The van der Waals surface area contributed by atoms with Gasteiger partial charge in [-0.15, -0.1) is 0 Å². The summed E-state index contributed by atoms with van der Waals surface area (Å²) >= 11 is 0. The van der Waals surface area contributed by atoms with Crippen LogP contribution in [-0.4, -0.2) is 0 Å². The Morgan fingerprint density at radius 2 is 1.93 bits per heavy atom. The van der Waals surface area contributed by atoms with E-state index in [9.17, 15) is 0 Å². The number of allylic oxidation sites excluding steroid dienone is 1. The Hall–Kier alpha value is -0.260. The van der Waals surface area contributed by atoms with Gasteiger partial charge < -0.3 is 0 Å². The molecule has 0 N–H and O–H groups in total. The Balaban J connectivity index is 1.93. The second-order valence-corrected chi connectivity index (χ2v) is 6.89. The van der Waals surface area contributed by atoms with Gasteiger partial charge in [-0.1, -0.05) is 32.9 Å². The molecule has 5 unspecified atom stereocenters. The van der Waals surface area contributed by atoms with Gasteiger partial charge in [0.2, 0.25) is 0 Å². The van der Waals surface area contributed by atoms with E-state index in [4.69, 9.17) is 0 Å². The van der Waals surface area contributed by atoms with Crippen molar-refractivity contribution in [3.63, 3.8) is 0 Å². The summed E-state index contributed by atoms with van der Waals surface area (Å²) in [6.07, 6.45) is 5.63. The van der Waals surface area contributed by atoms with Crippen LogP contribution in [0.15, 0.2) is 12.2 Å². The highest BCUT2D eigenvalue weighted by molar-refractivity contribution is 5.20. The highest BCUT2D eigenvalue weighted by atomic mass is 14.7.